The molecule has 24 heavy (non-hydrogen) atoms. The summed E-state index contributed by atoms with van der Waals surface area (Å²) in [7, 11) is 1.60. The van der Waals surface area contributed by atoms with E-state index in [1.54, 1.807) is 13.2 Å². The molecule has 4 rings (SSSR count). The number of benzene rings is 2. The second kappa shape index (κ2) is 5.53. The third-order valence-corrected chi connectivity index (χ3v) is 4.36. The summed E-state index contributed by atoms with van der Waals surface area (Å²) < 4.78 is 10.6. The molecule has 0 fully saturated rings. The van der Waals surface area contributed by atoms with Crippen molar-refractivity contribution in [3.8, 4) is 11.5 Å². The molecule has 0 saturated heterocycles. The number of fused-ring (bicyclic) bond motifs is 3. The molecule has 0 amide bonds. The van der Waals surface area contributed by atoms with Gasteiger partial charge in [0.2, 0.25) is 0 Å². The molecule has 120 valence electrons. The number of hydrogen-bond donors (Lipinski definition) is 1. The molecular formula is C19H15NO4. The first kappa shape index (κ1) is 14.5. The van der Waals surface area contributed by atoms with Gasteiger partial charge in [-0.1, -0.05) is 24.3 Å². The number of pyridine rings is 1. The molecule has 3 aromatic rings. The van der Waals surface area contributed by atoms with Crippen molar-refractivity contribution in [2.45, 2.75) is 12.3 Å². The number of ether oxygens (including phenoxy) is 2. The van der Waals surface area contributed by atoms with Crippen molar-refractivity contribution in [1.82, 2.24) is 4.98 Å². The maximum atomic E-state index is 12.6. The van der Waals surface area contributed by atoms with Crippen molar-refractivity contribution in [3.05, 3.63) is 70.0 Å². The molecule has 5 nitrogen and oxygen atoms in total. The molecule has 1 aliphatic heterocycles. The summed E-state index contributed by atoms with van der Waals surface area (Å²) in [4.78, 5) is 27.6. The summed E-state index contributed by atoms with van der Waals surface area (Å²) in [6, 6.07) is 14.7. The van der Waals surface area contributed by atoms with Crippen LogP contribution in [0.2, 0.25) is 0 Å². The first-order valence-electron chi connectivity index (χ1n) is 7.67. The summed E-state index contributed by atoms with van der Waals surface area (Å²) >= 11 is 0. The van der Waals surface area contributed by atoms with Gasteiger partial charge in [-0.2, -0.15) is 0 Å². The second-order valence-corrected chi connectivity index (χ2v) is 5.75. The molecule has 0 aliphatic carbocycles. The van der Waals surface area contributed by atoms with Crippen LogP contribution < -0.4 is 15.0 Å². The lowest BCUT2D eigenvalue weighted by Crippen LogP contribution is -2.28. The van der Waals surface area contributed by atoms with Crippen molar-refractivity contribution in [1.29, 1.82) is 0 Å². The van der Waals surface area contributed by atoms with Crippen LogP contribution in [-0.4, -0.2) is 18.1 Å². The number of carbonyl (C=O) groups excluding carboxylic acids is 1. The number of aromatic nitrogens is 1. The summed E-state index contributed by atoms with van der Waals surface area (Å²) in [6.45, 7) is 0. The SMILES string of the molecule is COc1ccc(C2CC(=O)Oc3c2c(=O)[nH]c2ccccc32)cc1. The minimum absolute atomic E-state index is 0.140. The fourth-order valence-electron chi connectivity index (χ4n) is 3.20. The molecule has 5 heteroatoms. The van der Waals surface area contributed by atoms with Crippen LogP contribution >= 0.6 is 0 Å². The van der Waals surface area contributed by atoms with E-state index in [0.717, 1.165) is 16.7 Å². The summed E-state index contributed by atoms with van der Waals surface area (Å²) in [5.41, 5.74) is 1.81. The summed E-state index contributed by atoms with van der Waals surface area (Å²) in [5.74, 6) is 0.427. The van der Waals surface area contributed by atoms with Gasteiger partial charge >= 0.3 is 5.97 Å². The average molecular weight is 321 g/mol. The molecule has 0 bridgehead atoms. The van der Waals surface area contributed by atoms with Crippen molar-refractivity contribution < 1.29 is 14.3 Å². The quantitative estimate of drug-likeness (QED) is 0.737. The van der Waals surface area contributed by atoms with Gasteiger partial charge in [0.25, 0.3) is 5.56 Å². The molecule has 1 atom stereocenters. The molecule has 0 spiro atoms. The highest BCUT2D eigenvalue weighted by molar-refractivity contribution is 5.91. The van der Waals surface area contributed by atoms with Crippen molar-refractivity contribution >= 4 is 16.9 Å². The van der Waals surface area contributed by atoms with Crippen molar-refractivity contribution in [2.75, 3.05) is 7.11 Å². The number of rotatable bonds is 2. The number of nitrogens with one attached hydrogen (secondary N) is 1. The molecule has 1 N–H and O–H groups in total. The number of H-pyrrole nitrogens is 1. The Kier molecular flexibility index (Phi) is 3.34. The zero-order chi connectivity index (χ0) is 16.7. The lowest BCUT2D eigenvalue weighted by atomic mass is 9.86. The van der Waals surface area contributed by atoms with E-state index in [2.05, 4.69) is 4.98 Å². The topological polar surface area (TPSA) is 68.4 Å². The molecular weight excluding hydrogens is 306 g/mol. The Morgan fingerprint density at radius 3 is 2.58 bits per heavy atom. The predicted molar refractivity (Wildman–Crippen MR) is 89.7 cm³/mol. The number of hydrogen-bond acceptors (Lipinski definition) is 4. The highest BCUT2D eigenvalue weighted by atomic mass is 16.5. The Labute approximate surface area is 137 Å². The zero-order valence-corrected chi connectivity index (χ0v) is 13.0. The van der Waals surface area contributed by atoms with Crippen molar-refractivity contribution in [2.24, 2.45) is 0 Å². The molecule has 1 aliphatic rings. The predicted octanol–water partition coefficient (Wildman–Crippen LogP) is 2.98. The molecule has 2 heterocycles. The summed E-state index contributed by atoms with van der Waals surface area (Å²) in [6.07, 6.45) is 0.140. The van der Waals surface area contributed by atoms with Crippen LogP contribution in [0, 0.1) is 0 Å². The van der Waals surface area contributed by atoms with Gasteiger partial charge in [-0.15, -0.1) is 0 Å². The molecule has 1 unspecified atom stereocenters. The van der Waals surface area contributed by atoms with E-state index in [1.807, 2.05) is 42.5 Å². The highest BCUT2D eigenvalue weighted by Gasteiger charge is 2.32. The van der Waals surface area contributed by atoms with Gasteiger partial charge in [-0.25, -0.2) is 0 Å². The largest absolute Gasteiger partial charge is 0.497 e. The van der Waals surface area contributed by atoms with Crippen LogP contribution in [0.5, 0.6) is 11.5 Å². The Balaban J connectivity index is 1.94. The van der Waals surface area contributed by atoms with E-state index in [9.17, 15) is 9.59 Å². The second-order valence-electron chi connectivity index (χ2n) is 5.75. The fourth-order valence-corrected chi connectivity index (χ4v) is 3.20. The molecule has 0 saturated carbocycles. The third kappa shape index (κ3) is 2.25. The van der Waals surface area contributed by atoms with E-state index in [4.69, 9.17) is 9.47 Å². The third-order valence-electron chi connectivity index (χ3n) is 4.36. The lowest BCUT2D eigenvalue weighted by molar-refractivity contribution is -0.135. The zero-order valence-electron chi connectivity index (χ0n) is 13.0. The van der Waals surface area contributed by atoms with E-state index in [1.165, 1.54) is 0 Å². The highest BCUT2D eigenvalue weighted by Crippen LogP contribution is 2.40. The van der Waals surface area contributed by atoms with E-state index >= 15 is 0 Å². The standard InChI is InChI=1S/C19H15NO4/c1-23-12-8-6-11(7-9-12)14-10-16(21)24-18-13-4-2-3-5-15(13)20-19(22)17(14)18/h2-9,14H,10H2,1H3,(H,20,22). The van der Waals surface area contributed by atoms with Crippen LogP contribution in [0.4, 0.5) is 0 Å². The minimum atomic E-state index is -0.334. The van der Waals surface area contributed by atoms with Crippen LogP contribution in [0.15, 0.2) is 53.3 Å². The van der Waals surface area contributed by atoms with Crippen molar-refractivity contribution in [3.63, 3.8) is 0 Å². The number of esters is 1. The van der Waals surface area contributed by atoms with Crippen LogP contribution in [-0.2, 0) is 4.79 Å². The summed E-state index contributed by atoms with van der Waals surface area (Å²) in [5, 5.41) is 0.735. The smallest absolute Gasteiger partial charge is 0.312 e. The average Bonchev–Trinajstić information content (AvgIpc) is 2.61. The number of methoxy groups -OCH3 is 1. The van der Waals surface area contributed by atoms with E-state index < -0.39 is 0 Å². The Hall–Kier alpha value is -3.08. The fraction of sp³-hybridized carbons (Fsp3) is 0.158. The minimum Gasteiger partial charge on any atom is -0.497 e. The molecule has 1 aromatic heterocycles. The van der Waals surface area contributed by atoms with Gasteiger partial charge in [-0.05, 0) is 29.8 Å². The van der Waals surface area contributed by atoms with Gasteiger partial charge in [0, 0.05) is 11.3 Å². The van der Waals surface area contributed by atoms with Crippen LogP contribution in [0.3, 0.4) is 0 Å². The maximum Gasteiger partial charge on any atom is 0.312 e. The van der Waals surface area contributed by atoms with Crippen LogP contribution in [0.1, 0.15) is 23.5 Å². The van der Waals surface area contributed by atoms with Gasteiger partial charge < -0.3 is 14.5 Å². The molecule has 0 radical (unpaired) electrons. The van der Waals surface area contributed by atoms with Gasteiger partial charge in [0.05, 0.1) is 24.6 Å². The van der Waals surface area contributed by atoms with E-state index in [-0.39, 0.29) is 23.9 Å². The van der Waals surface area contributed by atoms with Gasteiger partial charge in [-0.3, -0.25) is 9.59 Å². The van der Waals surface area contributed by atoms with Crippen LogP contribution in [0.25, 0.3) is 10.9 Å². The Morgan fingerprint density at radius 2 is 1.83 bits per heavy atom. The maximum absolute atomic E-state index is 12.6. The lowest BCUT2D eigenvalue weighted by Gasteiger charge is -2.25. The van der Waals surface area contributed by atoms with Gasteiger partial charge in [0.1, 0.15) is 11.5 Å². The molecule has 2 aromatic carbocycles. The number of aromatic amines is 1. The normalized spacial score (nSPS) is 16.5. The van der Waals surface area contributed by atoms with Gasteiger partial charge in [0.15, 0.2) is 0 Å². The monoisotopic (exact) mass is 321 g/mol. The number of para-hydroxylation sites is 1. The van der Waals surface area contributed by atoms with E-state index in [0.29, 0.717) is 16.8 Å². The first-order chi connectivity index (χ1) is 11.7. The number of carbonyl (C=O) groups is 1. The Bertz CT molecular complexity index is 988. The first-order valence-corrected chi connectivity index (χ1v) is 7.67. The Morgan fingerprint density at radius 1 is 1.08 bits per heavy atom.